The molecule has 0 saturated heterocycles. The van der Waals surface area contributed by atoms with Crippen LogP contribution in [-0.4, -0.2) is 12.1 Å². The Hall–Kier alpha value is -2.82. The maximum atomic E-state index is 11.8. The first kappa shape index (κ1) is 16.5. The molecule has 0 unspecified atom stereocenters. The van der Waals surface area contributed by atoms with E-state index in [-0.39, 0.29) is 0 Å². The van der Waals surface area contributed by atoms with Crippen molar-refractivity contribution in [2.45, 2.75) is 26.2 Å². The molecule has 0 saturated carbocycles. The zero-order valence-corrected chi connectivity index (χ0v) is 13.0. The summed E-state index contributed by atoms with van der Waals surface area (Å²) in [5.41, 5.74) is 1.79. The van der Waals surface area contributed by atoms with E-state index >= 15 is 0 Å². The Balaban J connectivity index is 1.85. The van der Waals surface area contributed by atoms with Crippen LogP contribution in [0.3, 0.4) is 0 Å². The van der Waals surface area contributed by atoms with Gasteiger partial charge in [-0.25, -0.2) is 14.9 Å². The van der Waals surface area contributed by atoms with Gasteiger partial charge in [0.2, 0.25) is 0 Å². The maximum absolute atomic E-state index is 11.8. The van der Waals surface area contributed by atoms with Crippen LogP contribution in [0.4, 0.5) is 15.3 Å². The number of nitrogens with one attached hydrogen (secondary N) is 2. The minimum Gasteiger partial charge on any atom is -0.410 e. The summed E-state index contributed by atoms with van der Waals surface area (Å²) in [5.74, 6) is 0.374. The van der Waals surface area contributed by atoms with Crippen molar-refractivity contribution in [3.05, 3.63) is 60.2 Å². The Bertz CT molecular complexity index is 656. The fraction of sp³-hybridized carbons (Fsp3) is 0.222. The van der Waals surface area contributed by atoms with Gasteiger partial charge in [0, 0.05) is 5.69 Å². The van der Waals surface area contributed by atoms with Crippen molar-refractivity contribution < 1.29 is 14.3 Å². The minimum atomic E-state index is -0.823. The number of rotatable bonds is 5. The number of carbonyl (C=O) groups excluding carboxylic acids is 2. The summed E-state index contributed by atoms with van der Waals surface area (Å²) in [6, 6.07) is 15.5. The Morgan fingerprint density at radius 3 is 2.57 bits per heavy atom. The number of benzene rings is 2. The Morgan fingerprint density at radius 1 is 1.04 bits per heavy atom. The molecule has 2 aromatic carbocycles. The van der Waals surface area contributed by atoms with Crippen LogP contribution in [-0.2, 0) is 6.42 Å². The summed E-state index contributed by atoms with van der Waals surface area (Å²) >= 11 is 0. The van der Waals surface area contributed by atoms with Gasteiger partial charge in [0.1, 0.15) is 5.75 Å². The highest BCUT2D eigenvalue weighted by Gasteiger charge is 2.10. The molecule has 2 aromatic rings. The van der Waals surface area contributed by atoms with Crippen molar-refractivity contribution in [3.63, 3.8) is 0 Å². The summed E-state index contributed by atoms with van der Waals surface area (Å²) in [6.45, 7) is 2.13. The number of urea groups is 1. The van der Waals surface area contributed by atoms with E-state index in [4.69, 9.17) is 4.74 Å². The van der Waals surface area contributed by atoms with Gasteiger partial charge in [-0.3, -0.25) is 0 Å². The fourth-order valence-corrected chi connectivity index (χ4v) is 2.06. The number of carbonyl (C=O) groups is 2. The normalized spacial score (nSPS) is 9.96. The molecule has 0 fully saturated rings. The number of para-hydroxylation sites is 1. The number of ether oxygens (including phenoxy) is 1. The molecular weight excluding hydrogens is 292 g/mol. The first-order valence-electron chi connectivity index (χ1n) is 7.61. The zero-order chi connectivity index (χ0) is 16.5. The molecule has 5 heteroatoms. The van der Waals surface area contributed by atoms with Crippen molar-refractivity contribution in [2.24, 2.45) is 0 Å². The lowest BCUT2D eigenvalue weighted by Gasteiger charge is -2.08. The van der Waals surface area contributed by atoms with Crippen LogP contribution in [0.15, 0.2) is 54.6 Å². The average molecular weight is 312 g/mol. The van der Waals surface area contributed by atoms with Crippen molar-refractivity contribution in [3.8, 4) is 5.75 Å². The molecule has 23 heavy (non-hydrogen) atoms. The van der Waals surface area contributed by atoms with Crippen LogP contribution in [0.25, 0.3) is 0 Å². The van der Waals surface area contributed by atoms with Gasteiger partial charge in [0.15, 0.2) is 0 Å². The highest BCUT2D eigenvalue weighted by molar-refractivity contribution is 5.99. The second-order valence-corrected chi connectivity index (χ2v) is 5.09. The quantitative estimate of drug-likeness (QED) is 0.862. The maximum Gasteiger partial charge on any atom is 0.420 e. The van der Waals surface area contributed by atoms with Crippen LogP contribution in [0, 0.1) is 0 Å². The molecule has 0 spiro atoms. The minimum absolute atomic E-state index is 0.374. The lowest BCUT2D eigenvalue weighted by atomic mass is 10.1. The van der Waals surface area contributed by atoms with Gasteiger partial charge in [0.25, 0.3) is 0 Å². The molecule has 0 bridgehead atoms. The van der Waals surface area contributed by atoms with E-state index in [1.54, 1.807) is 30.3 Å². The van der Waals surface area contributed by atoms with Gasteiger partial charge in [-0.2, -0.15) is 0 Å². The van der Waals surface area contributed by atoms with E-state index in [1.165, 1.54) is 0 Å². The number of amides is 3. The summed E-state index contributed by atoms with van der Waals surface area (Å²) < 4.78 is 4.99. The molecule has 0 radical (unpaired) electrons. The van der Waals surface area contributed by atoms with E-state index < -0.39 is 12.1 Å². The first-order valence-corrected chi connectivity index (χ1v) is 7.61. The highest BCUT2D eigenvalue weighted by Crippen LogP contribution is 2.13. The van der Waals surface area contributed by atoms with Gasteiger partial charge in [0.05, 0.1) is 0 Å². The molecule has 0 aromatic heterocycles. The fourth-order valence-electron chi connectivity index (χ4n) is 2.06. The molecule has 0 atom stereocenters. The lowest BCUT2D eigenvalue weighted by molar-refractivity contribution is 0.199. The second kappa shape index (κ2) is 8.58. The van der Waals surface area contributed by atoms with Crippen molar-refractivity contribution >= 4 is 17.8 Å². The number of imide groups is 1. The van der Waals surface area contributed by atoms with E-state index in [2.05, 4.69) is 17.6 Å². The van der Waals surface area contributed by atoms with E-state index in [0.717, 1.165) is 24.8 Å². The SMILES string of the molecule is CCCCc1cccc(NC(=O)NC(=O)Oc2ccccc2)c1. The number of anilines is 1. The van der Waals surface area contributed by atoms with Crippen LogP contribution < -0.4 is 15.4 Å². The molecule has 120 valence electrons. The van der Waals surface area contributed by atoms with Gasteiger partial charge in [-0.1, -0.05) is 43.7 Å². The van der Waals surface area contributed by atoms with Crippen molar-refractivity contribution in [1.82, 2.24) is 5.32 Å². The lowest BCUT2D eigenvalue weighted by Crippen LogP contribution is -2.36. The average Bonchev–Trinajstić information content (AvgIpc) is 2.54. The van der Waals surface area contributed by atoms with E-state index in [9.17, 15) is 9.59 Å². The van der Waals surface area contributed by atoms with Gasteiger partial charge in [-0.05, 0) is 42.7 Å². The molecule has 0 heterocycles. The van der Waals surface area contributed by atoms with E-state index in [0.29, 0.717) is 11.4 Å². The first-order chi connectivity index (χ1) is 11.2. The van der Waals surface area contributed by atoms with Crippen LogP contribution in [0.1, 0.15) is 25.3 Å². The van der Waals surface area contributed by atoms with Crippen LogP contribution in [0.2, 0.25) is 0 Å². The number of hydrogen-bond donors (Lipinski definition) is 2. The Morgan fingerprint density at radius 2 is 1.83 bits per heavy atom. The Labute approximate surface area is 135 Å². The summed E-state index contributed by atoms with van der Waals surface area (Å²) in [6.07, 6.45) is 2.35. The number of aryl methyl sites for hydroxylation is 1. The van der Waals surface area contributed by atoms with E-state index in [1.807, 2.05) is 24.3 Å². The third-order valence-electron chi connectivity index (χ3n) is 3.17. The molecule has 2 N–H and O–H groups in total. The zero-order valence-electron chi connectivity index (χ0n) is 13.0. The smallest absolute Gasteiger partial charge is 0.410 e. The largest absolute Gasteiger partial charge is 0.420 e. The van der Waals surface area contributed by atoms with Gasteiger partial charge in [-0.15, -0.1) is 0 Å². The predicted octanol–water partition coefficient (Wildman–Crippen LogP) is 4.35. The van der Waals surface area contributed by atoms with Crippen molar-refractivity contribution in [1.29, 1.82) is 0 Å². The predicted molar refractivity (Wildman–Crippen MR) is 89.7 cm³/mol. The Kier molecular flexibility index (Phi) is 6.17. The second-order valence-electron chi connectivity index (χ2n) is 5.09. The van der Waals surface area contributed by atoms with Crippen LogP contribution >= 0.6 is 0 Å². The molecular formula is C18H20N2O3. The van der Waals surface area contributed by atoms with Gasteiger partial charge < -0.3 is 10.1 Å². The number of unbranched alkanes of at least 4 members (excludes halogenated alkanes) is 1. The molecule has 5 nitrogen and oxygen atoms in total. The third-order valence-corrected chi connectivity index (χ3v) is 3.17. The molecule has 0 aliphatic rings. The van der Waals surface area contributed by atoms with Crippen molar-refractivity contribution in [2.75, 3.05) is 5.32 Å². The number of hydrogen-bond acceptors (Lipinski definition) is 3. The van der Waals surface area contributed by atoms with Crippen LogP contribution in [0.5, 0.6) is 5.75 Å². The summed E-state index contributed by atoms with van der Waals surface area (Å²) in [4.78, 5) is 23.4. The topological polar surface area (TPSA) is 67.4 Å². The third kappa shape index (κ3) is 5.82. The summed E-state index contributed by atoms with van der Waals surface area (Å²) in [7, 11) is 0. The van der Waals surface area contributed by atoms with Gasteiger partial charge >= 0.3 is 12.1 Å². The highest BCUT2D eigenvalue weighted by atomic mass is 16.6. The molecule has 3 amide bonds. The monoisotopic (exact) mass is 312 g/mol. The summed E-state index contributed by atoms with van der Waals surface area (Å²) in [5, 5.41) is 4.75. The molecule has 0 aliphatic heterocycles. The standard InChI is InChI=1S/C18H20N2O3/c1-2-3-8-14-9-7-10-15(13-14)19-17(21)20-18(22)23-16-11-5-4-6-12-16/h4-7,9-13H,2-3,8H2,1H3,(H2,19,20,21,22). The molecule has 0 aliphatic carbocycles. The molecule has 2 rings (SSSR count).